The molecule has 2 aromatic carbocycles. The number of carbonyl (C=O) groups excluding carboxylic acids is 1. The number of aryl methyl sites for hydroxylation is 1. The fraction of sp³-hybridized carbons (Fsp3) is 0.385. The Hall–Kier alpha value is -3.43. The number of hydrogen-bond acceptors (Lipinski definition) is 8. The SMILES string of the molecule is COC(=O)CCn1ncc2c1CCCC2N(C)S(=O)(=O)c1cc(C(F)(F)F)cc(S(=O)(=O)c2ccc(OC)cc2)c1. The second-order valence-corrected chi connectivity index (χ2v) is 13.3. The van der Waals surface area contributed by atoms with Gasteiger partial charge in [0.1, 0.15) is 5.75 Å². The monoisotopic (exact) mass is 615 g/mol. The lowest BCUT2D eigenvalue weighted by Gasteiger charge is -2.31. The van der Waals surface area contributed by atoms with Gasteiger partial charge in [0.05, 0.1) is 59.7 Å². The first-order valence-electron chi connectivity index (χ1n) is 12.4. The van der Waals surface area contributed by atoms with E-state index in [4.69, 9.17) is 4.74 Å². The highest BCUT2D eigenvalue weighted by atomic mass is 32.2. The molecule has 0 N–H and O–H groups in total. The highest BCUT2D eigenvalue weighted by Gasteiger charge is 2.38. The molecular weight excluding hydrogens is 587 g/mol. The third kappa shape index (κ3) is 6.11. The Bertz CT molecular complexity index is 1650. The van der Waals surface area contributed by atoms with Crippen molar-refractivity contribution in [1.29, 1.82) is 0 Å². The van der Waals surface area contributed by atoms with Gasteiger partial charge in [0.15, 0.2) is 0 Å². The number of nitrogens with zero attached hydrogens (tertiary/aromatic N) is 3. The van der Waals surface area contributed by atoms with Gasteiger partial charge in [-0.05, 0) is 61.7 Å². The highest BCUT2D eigenvalue weighted by Crippen LogP contribution is 2.39. The van der Waals surface area contributed by atoms with Crippen molar-refractivity contribution in [3.8, 4) is 5.75 Å². The Balaban J connectivity index is 1.75. The first-order valence-corrected chi connectivity index (χ1v) is 15.3. The molecule has 0 saturated carbocycles. The quantitative estimate of drug-likeness (QED) is 0.331. The molecule has 0 fully saturated rings. The Morgan fingerprint density at radius 3 is 2.32 bits per heavy atom. The van der Waals surface area contributed by atoms with Crippen LogP contribution in [-0.2, 0) is 48.5 Å². The van der Waals surface area contributed by atoms with E-state index < -0.39 is 53.4 Å². The largest absolute Gasteiger partial charge is 0.497 e. The number of benzene rings is 2. The average molecular weight is 616 g/mol. The number of esters is 1. The molecule has 0 amide bonds. The zero-order valence-electron chi connectivity index (χ0n) is 22.4. The maximum Gasteiger partial charge on any atom is 0.416 e. The van der Waals surface area contributed by atoms with Crippen LogP contribution in [0, 0.1) is 0 Å². The minimum atomic E-state index is -5.02. The molecule has 0 saturated heterocycles. The van der Waals surface area contributed by atoms with Crippen molar-refractivity contribution in [2.75, 3.05) is 21.3 Å². The number of fused-ring (bicyclic) bond motifs is 1. The average Bonchev–Trinajstić information content (AvgIpc) is 3.38. The number of aromatic nitrogens is 2. The maximum atomic E-state index is 13.9. The van der Waals surface area contributed by atoms with Crippen LogP contribution in [0.15, 0.2) is 63.3 Å². The number of sulfone groups is 1. The van der Waals surface area contributed by atoms with Gasteiger partial charge >= 0.3 is 12.1 Å². The van der Waals surface area contributed by atoms with Gasteiger partial charge in [0.25, 0.3) is 0 Å². The van der Waals surface area contributed by atoms with Crippen molar-refractivity contribution < 1.29 is 44.3 Å². The van der Waals surface area contributed by atoms with Crippen LogP contribution in [0.25, 0.3) is 0 Å². The summed E-state index contributed by atoms with van der Waals surface area (Å²) in [5.41, 5.74) is -0.150. The minimum Gasteiger partial charge on any atom is -0.497 e. The van der Waals surface area contributed by atoms with Crippen molar-refractivity contribution in [3.05, 3.63) is 65.5 Å². The van der Waals surface area contributed by atoms with Crippen molar-refractivity contribution in [2.45, 2.75) is 59.1 Å². The molecule has 222 valence electrons. The number of rotatable bonds is 9. The summed E-state index contributed by atoms with van der Waals surface area (Å²) in [6.45, 7) is 0.214. The molecule has 1 heterocycles. The fourth-order valence-electron chi connectivity index (χ4n) is 4.73. The summed E-state index contributed by atoms with van der Waals surface area (Å²) in [6.07, 6.45) is -2.00. The Labute approximate surface area is 235 Å². The van der Waals surface area contributed by atoms with Crippen LogP contribution in [0.4, 0.5) is 13.2 Å². The van der Waals surface area contributed by atoms with Crippen LogP contribution in [0.3, 0.4) is 0 Å². The lowest BCUT2D eigenvalue weighted by Crippen LogP contribution is -2.33. The van der Waals surface area contributed by atoms with Gasteiger partial charge in [-0.25, -0.2) is 16.8 Å². The van der Waals surface area contributed by atoms with Crippen LogP contribution < -0.4 is 4.74 Å². The molecule has 0 bridgehead atoms. The van der Waals surface area contributed by atoms with Crippen LogP contribution in [-0.4, -0.2) is 58.2 Å². The van der Waals surface area contributed by atoms with E-state index in [0.29, 0.717) is 48.4 Å². The van der Waals surface area contributed by atoms with Crippen LogP contribution in [0.5, 0.6) is 5.75 Å². The molecule has 1 aliphatic rings. The molecule has 0 radical (unpaired) electrons. The van der Waals surface area contributed by atoms with E-state index in [1.165, 1.54) is 39.6 Å². The Morgan fingerprint density at radius 2 is 1.71 bits per heavy atom. The Morgan fingerprint density at radius 1 is 1.05 bits per heavy atom. The smallest absolute Gasteiger partial charge is 0.416 e. The van der Waals surface area contributed by atoms with E-state index in [9.17, 15) is 34.8 Å². The van der Waals surface area contributed by atoms with E-state index in [1.54, 1.807) is 4.68 Å². The van der Waals surface area contributed by atoms with Gasteiger partial charge in [0, 0.05) is 18.3 Å². The molecule has 41 heavy (non-hydrogen) atoms. The molecule has 0 aliphatic heterocycles. The van der Waals surface area contributed by atoms with Crippen molar-refractivity contribution in [1.82, 2.24) is 14.1 Å². The second kappa shape index (κ2) is 11.4. The first kappa shape index (κ1) is 30.5. The van der Waals surface area contributed by atoms with E-state index in [0.717, 1.165) is 22.5 Å². The van der Waals surface area contributed by atoms with E-state index >= 15 is 0 Å². The lowest BCUT2D eigenvalue weighted by molar-refractivity contribution is -0.141. The van der Waals surface area contributed by atoms with Crippen LogP contribution in [0.1, 0.15) is 42.1 Å². The van der Waals surface area contributed by atoms with Crippen molar-refractivity contribution in [2.24, 2.45) is 0 Å². The molecule has 1 aliphatic carbocycles. The van der Waals surface area contributed by atoms with E-state index in [1.807, 2.05) is 0 Å². The summed E-state index contributed by atoms with van der Waals surface area (Å²) in [4.78, 5) is 9.62. The van der Waals surface area contributed by atoms with Gasteiger partial charge in [-0.3, -0.25) is 9.48 Å². The van der Waals surface area contributed by atoms with Crippen LogP contribution in [0.2, 0.25) is 0 Å². The van der Waals surface area contributed by atoms with E-state index in [2.05, 4.69) is 9.84 Å². The summed E-state index contributed by atoms with van der Waals surface area (Å²) in [5.74, 6) is -0.107. The molecule has 15 heteroatoms. The topological polar surface area (TPSA) is 125 Å². The maximum absolute atomic E-state index is 13.9. The third-order valence-electron chi connectivity index (χ3n) is 6.99. The van der Waals surface area contributed by atoms with Gasteiger partial charge in [-0.2, -0.15) is 22.6 Å². The predicted octanol–water partition coefficient (Wildman–Crippen LogP) is 4.00. The molecule has 1 unspecified atom stereocenters. The molecule has 10 nitrogen and oxygen atoms in total. The molecule has 4 rings (SSSR count). The summed E-state index contributed by atoms with van der Waals surface area (Å²) in [6, 6.07) is 5.81. The number of ether oxygens (including phenoxy) is 2. The fourth-order valence-corrected chi connectivity index (χ4v) is 7.57. The third-order valence-corrected chi connectivity index (χ3v) is 10.6. The number of halogens is 3. The van der Waals surface area contributed by atoms with Gasteiger partial charge in [0.2, 0.25) is 19.9 Å². The molecule has 0 spiro atoms. The number of sulfonamides is 1. The first-order chi connectivity index (χ1) is 19.2. The predicted molar refractivity (Wildman–Crippen MR) is 139 cm³/mol. The van der Waals surface area contributed by atoms with Crippen LogP contribution >= 0.6 is 0 Å². The normalized spacial score (nSPS) is 15.9. The summed E-state index contributed by atoms with van der Waals surface area (Å²) < 4.78 is 108. The number of carbonyl (C=O) groups is 1. The molecule has 1 aromatic heterocycles. The number of methoxy groups -OCH3 is 2. The summed E-state index contributed by atoms with van der Waals surface area (Å²) in [7, 11) is -5.29. The number of hydrogen-bond donors (Lipinski definition) is 0. The number of alkyl halides is 3. The Kier molecular flexibility index (Phi) is 8.52. The van der Waals surface area contributed by atoms with E-state index in [-0.39, 0.29) is 17.9 Å². The van der Waals surface area contributed by atoms with Gasteiger partial charge in [-0.15, -0.1) is 0 Å². The lowest BCUT2D eigenvalue weighted by atomic mass is 9.93. The van der Waals surface area contributed by atoms with Gasteiger partial charge < -0.3 is 9.47 Å². The summed E-state index contributed by atoms with van der Waals surface area (Å²) >= 11 is 0. The summed E-state index contributed by atoms with van der Waals surface area (Å²) in [5, 5.41) is 4.28. The zero-order valence-corrected chi connectivity index (χ0v) is 24.0. The molecular formula is C26H28F3N3O7S2. The standard InChI is InChI=1S/C26H28F3N3O7S2/c1-31(23-5-4-6-24-22(23)16-30-32(24)12-11-25(33)39-3)41(36,37)21-14-17(26(27,28)29)13-20(15-21)40(34,35)19-9-7-18(38-2)8-10-19/h7-10,13-16,23H,4-6,11-12H2,1-3H3. The van der Waals surface area contributed by atoms with Gasteiger partial charge in [-0.1, -0.05) is 0 Å². The zero-order chi connectivity index (χ0) is 30.2. The van der Waals surface area contributed by atoms with Crippen molar-refractivity contribution in [3.63, 3.8) is 0 Å². The molecule has 1 atom stereocenters. The highest BCUT2D eigenvalue weighted by molar-refractivity contribution is 7.91. The van der Waals surface area contributed by atoms with Crippen molar-refractivity contribution >= 4 is 25.8 Å². The minimum absolute atomic E-state index is 0.0547. The molecule has 3 aromatic rings. The second-order valence-electron chi connectivity index (χ2n) is 9.39.